The van der Waals surface area contributed by atoms with Crippen LogP contribution in [0.5, 0.6) is 0 Å². The van der Waals surface area contributed by atoms with Crippen LogP contribution in [0.25, 0.3) is 0 Å². The van der Waals surface area contributed by atoms with Crippen LogP contribution in [0.2, 0.25) is 0 Å². The molecular weight excluding hydrogens is 260 g/mol. The zero-order valence-corrected chi connectivity index (χ0v) is 11.5. The van der Waals surface area contributed by atoms with E-state index in [2.05, 4.69) is 5.32 Å². The van der Waals surface area contributed by atoms with Crippen molar-refractivity contribution >= 4 is 5.91 Å². The van der Waals surface area contributed by atoms with Gasteiger partial charge in [-0.25, -0.2) is 8.78 Å². The van der Waals surface area contributed by atoms with Gasteiger partial charge in [-0.05, 0) is 56.1 Å². The van der Waals surface area contributed by atoms with E-state index in [-0.39, 0.29) is 11.6 Å². The first-order chi connectivity index (χ1) is 9.52. The predicted octanol–water partition coefficient (Wildman–Crippen LogP) is 3.52. The van der Waals surface area contributed by atoms with E-state index in [1.807, 2.05) is 6.92 Å². The van der Waals surface area contributed by atoms with Gasteiger partial charge < -0.3 is 5.32 Å². The third-order valence-corrected chi connectivity index (χ3v) is 4.92. The molecule has 1 amide bonds. The van der Waals surface area contributed by atoms with Crippen molar-refractivity contribution in [1.82, 2.24) is 5.32 Å². The van der Waals surface area contributed by atoms with Gasteiger partial charge in [0.2, 0.25) is 0 Å². The molecule has 0 spiro atoms. The van der Waals surface area contributed by atoms with Crippen LogP contribution in [0.1, 0.15) is 43.0 Å². The topological polar surface area (TPSA) is 29.1 Å². The van der Waals surface area contributed by atoms with Crippen molar-refractivity contribution in [3.63, 3.8) is 0 Å². The van der Waals surface area contributed by atoms with Crippen molar-refractivity contribution in [2.45, 2.75) is 38.6 Å². The third-order valence-electron chi connectivity index (χ3n) is 4.92. The van der Waals surface area contributed by atoms with E-state index in [0.29, 0.717) is 11.8 Å². The maximum atomic E-state index is 13.1. The Bertz CT molecular complexity index is 511. The van der Waals surface area contributed by atoms with Gasteiger partial charge in [-0.3, -0.25) is 4.79 Å². The van der Waals surface area contributed by atoms with Crippen LogP contribution in [-0.2, 0) is 0 Å². The maximum absolute atomic E-state index is 13.1. The van der Waals surface area contributed by atoms with Gasteiger partial charge in [0.25, 0.3) is 5.91 Å². The zero-order valence-electron chi connectivity index (χ0n) is 11.5. The Hall–Kier alpha value is -1.45. The van der Waals surface area contributed by atoms with E-state index in [9.17, 15) is 13.6 Å². The summed E-state index contributed by atoms with van der Waals surface area (Å²) >= 11 is 0. The summed E-state index contributed by atoms with van der Waals surface area (Å²) in [5, 5.41) is 2.91. The molecule has 2 aliphatic carbocycles. The molecule has 2 fully saturated rings. The average molecular weight is 279 g/mol. The lowest BCUT2D eigenvalue weighted by Gasteiger charge is -2.28. The predicted molar refractivity (Wildman–Crippen MR) is 72.2 cm³/mol. The number of nitrogens with one attached hydrogen (secondary N) is 1. The van der Waals surface area contributed by atoms with E-state index < -0.39 is 17.5 Å². The number of hydrogen-bond donors (Lipinski definition) is 1. The van der Waals surface area contributed by atoms with Crippen LogP contribution in [0, 0.1) is 29.4 Å². The number of benzene rings is 1. The van der Waals surface area contributed by atoms with Crippen LogP contribution < -0.4 is 5.32 Å². The molecule has 0 unspecified atom stereocenters. The van der Waals surface area contributed by atoms with Gasteiger partial charge in [0, 0.05) is 17.7 Å². The monoisotopic (exact) mass is 279 g/mol. The highest BCUT2D eigenvalue weighted by Crippen LogP contribution is 2.49. The maximum Gasteiger partial charge on any atom is 0.251 e. The molecule has 2 bridgehead atoms. The minimum absolute atomic E-state index is 0.0532. The Morgan fingerprint density at radius 2 is 1.90 bits per heavy atom. The average Bonchev–Trinajstić information content (AvgIpc) is 2.99. The first-order valence-electron chi connectivity index (χ1n) is 7.30. The second-order valence-electron chi connectivity index (χ2n) is 6.26. The SMILES string of the molecule is C[C@H](NC(=O)c1cc(F)cc(F)c1)[C@H]1C[C@@H]2CC[C@@H]1C2. The van der Waals surface area contributed by atoms with E-state index in [0.717, 1.165) is 24.1 Å². The van der Waals surface area contributed by atoms with Gasteiger partial charge in [-0.15, -0.1) is 0 Å². The van der Waals surface area contributed by atoms with Crippen molar-refractivity contribution in [1.29, 1.82) is 0 Å². The smallest absolute Gasteiger partial charge is 0.251 e. The van der Waals surface area contributed by atoms with E-state index in [1.54, 1.807) is 0 Å². The van der Waals surface area contributed by atoms with Crippen molar-refractivity contribution in [3.05, 3.63) is 35.4 Å². The van der Waals surface area contributed by atoms with Crippen molar-refractivity contribution < 1.29 is 13.6 Å². The fraction of sp³-hybridized carbons (Fsp3) is 0.562. The third kappa shape index (κ3) is 2.56. The van der Waals surface area contributed by atoms with Crippen LogP contribution in [0.4, 0.5) is 8.78 Å². The molecule has 0 heterocycles. The van der Waals surface area contributed by atoms with Gasteiger partial charge in [0.05, 0.1) is 0 Å². The second-order valence-corrected chi connectivity index (χ2v) is 6.26. The molecular formula is C16H19F2NO. The Kier molecular flexibility index (Phi) is 3.48. The quantitative estimate of drug-likeness (QED) is 0.901. The molecule has 2 aliphatic rings. The Morgan fingerprint density at radius 1 is 1.20 bits per heavy atom. The van der Waals surface area contributed by atoms with E-state index in [1.165, 1.54) is 25.7 Å². The van der Waals surface area contributed by atoms with E-state index in [4.69, 9.17) is 0 Å². The summed E-state index contributed by atoms with van der Waals surface area (Å²) in [7, 11) is 0. The summed E-state index contributed by atoms with van der Waals surface area (Å²) in [6.07, 6.45) is 5.02. The lowest BCUT2D eigenvalue weighted by atomic mass is 9.84. The summed E-state index contributed by atoms with van der Waals surface area (Å²) < 4.78 is 26.3. The Morgan fingerprint density at radius 3 is 2.45 bits per heavy atom. The Labute approximate surface area is 117 Å². The van der Waals surface area contributed by atoms with Crippen LogP contribution in [-0.4, -0.2) is 11.9 Å². The van der Waals surface area contributed by atoms with Crippen molar-refractivity contribution in [2.24, 2.45) is 17.8 Å². The number of hydrogen-bond acceptors (Lipinski definition) is 1. The molecule has 1 N–H and O–H groups in total. The number of halogens is 2. The van der Waals surface area contributed by atoms with Gasteiger partial charge in [0.15, 0.2) is 0 Å². The molecule has 108 valence electrons. The second kappa shape index (κ2) is 5.15. The number of carbonyl (C=O) groups is 1. The van der Waals surface area contributed by atoms with Crippen molar-refractivity contribution in [3.8, 4) is 0 Å². The largest absolute Gasteiger partial charge is 0.349 e. The first kappa shape index (κ1) is 13.5. The number of amides is 1. The number of rotatable bonds is 3. The standard InChI is InChI=1S/C16H19F2NO/c1-9(15-5-10-2-3-11(15)4-10)19-16(20)12-6-13(17)8-14(18)7-12/h6-11,15H,2-5H2,1H3,(H,19,20)/t9-,10+,11+,15+/m0/s1. The fourth-order valence-electron chi connectivity index (χ4n) is 3.99. The summed E-state index contributed by atoms with van der Waals surface area (Å²) in [4.78, 5) is 12.1. The van der Waals surface area contributed by atoms with Gasteiger partial charge in [-0.2, -0.15) is 0 Å². The normalized spacial score (nSPS) is 29.4. The van der Waals surface area contributed by atoms with Crippen LogP contribution in [0.15, 0.2) is 18.2 Å². The zero-order chi connectivity index (χ0) is 14.3. The van der Waals surface area contributed by atoms with Gasteiger partial charge in [-0.1, -0.05) is 6.42 Å². The minimum atomic E-state index is -0.720. The highest BCUT2D eigenvalue weighted by atomic mass is 19.1. The molecule has 4 heteroatoms. The lowest BCUT2D eigenvalue weighted by molar-refractivity contribution is 0.0914. The summed E-state index contributed by atoms with van der Waals surface area (Å²) in [6.45, 7) is 2.00. The molecule has 0 aromatic heterocycles. The fourth-order valence-corrected chi connectivity index (χ4v) is 3.99. The highest BCUT2D eigenvalue weighted by molar-refractivity contribution is 5.94. The van der Waals surface area contributed by atoms with Gasteiger partial charge in [0.1, 0.15) is 11.6 Å². The summed E-state index contributed by atoms with van der Waals surface area (Å²) in [5.74, 6) is 0.204. The van der Waals surface area contributed by atoms with Crippen LogP contribution in [0.3, 0.4) is 0 Å². The van der Waals surface area contributed by atoms with Gasteiger partial charge >= 0.3 is 0 Å². The molecule has 1 aromatic carbocycles. The minimum Gasteiger partial charge on any atom is -0.349 e. The summed E-state index contributed by atoms with van der Waals surface area (Å²) in [5.41, 5.74) is 0.0532. The molecule has 1 aromatic rings. The molecule has 20 heavy (non-hydrogen) atoms. The molecule has 4 atom stereocenters. The lowest BCUT2D eigenvalue weighted by Crippen LogP contribution is -2.40. The summed E-state index contributed by atoms with van der Waals surface area (Å²) in [6, 6.07) is 2.98. The van der Waals surface area contributed by atoms with Crippen molar-refractivity contribution in [2.75, 3.05) is 0 Å². The number of fused-ring (bicyclic) bond motifs is 2. The first-order valence-corrected chi connectivity index (χ1v) is 7.30. The molecule has 0 aliphatic heterocycles. The molecule has 0 saturated heterocycles. The van der Waals surface area contributed by atoms with Crippen LogP contribution >= 0.6 is 0 Å². The molecule has 3 rings (SSSR count). The Balaban J connectivity index is 1.66. The number of carbonyl (C=O) groups excluding carboxylic acids is 1. The molecule has 0 radical (unpaired) electrons. The highest BCUT2D eigenvalue weighted by Gasteiger charge is 2.42. The van der Waals surface area contributed by atoms with E-state index >= 15 is 0 Å². The molecule has 2 saturated carbocycles. The molecule has 2 nitrogen and oxygen atoms in total.